The monoisotopic (exact) mass is 335 g/mol. The molecule has 0 bridgehead atoms. The quantitative estimate of drug-likeness (QED) is 0.819. The summed E-state index contributed by atoms with van der Waals surface area (Å²) in [6.07, 6.45) is 0. The fourth-order valence-corrected chi connectivity index (χ4v) is 2.08. The molecule has 0 amide bonds. The van der Waals surface area contributed by atoms with Crippen LogP contribution in [-0.4, -0.2) is 13.2 Å². The van der Waals surface area contributed by atoms with Gasteiger partial charge in [-0.25, -0.2) is 0 Å². The summed E-state index contributed by atoms with van der Waals surface area (Å²) in [5, 5.41) is 0. The molecule has 0 atom stereocenters. The maximum absolute atomic E-state index is 5.69. The van der Waals surface area contributed by atoms with Gasteiger partial charge in [0.05, 0.1) is 0 Å². The van der Waals surface area contributed by atoms with Crippen LogP contribution < -0.4 is 15.2 Å². The van der Waals surface area contributed by atoms with Crippen LogP contribution in [0.2, 0.25) is 0 Å². The number of nitrogens with two attached hydrogens (primary N) is 1. The first kappa shape index (κ1) is 14.9. The minimum absolute atomic E-state index is 0.475. The molecule has 2 aromatic rings. The first-order chi connectivity index (χ1) is 9.70. The molecular weight excluding hydrogens is 318 g/mol. The number of aryl methyl sites for hydroxylation is 1. The molecule has 0 radical (unpaired) electrons. The fraction of sp³-hybridized carbons (Fsp3) is 0.250. The number of halogens is 1. The van der Waals surface area contributed by atoms with Gasteiger partial charge in [-0.2, -0.15) is 0 Å². The summed E-state index contributed by atoms with van der Waals surface area (Å²) in [4.78, 5) is 0. The molecule has 2 aromatic carbocycles. The van der Waals surface area contributed by atoms with E-state index in [2.05, 4.69) is 15.9 Å². The van der Waals surface area contributed by atoms with E-state index in [9.17, 15) is 0 Å². The summed E-state index contributed by atoms with van der Waals surface area (Å²) in [5.74, 6) is 1.67. The Labute approximate surface area is 127 Å². The molecule has 0 spiro atoms. The van der Waals surface area contributed by atoms with Crippen molar-refractivity contribution in [3.8, 4) is 11.5 Å². The summed E-state index contributed by atoms with van der Waals surface area (Å²) in [6.45, 7) is 3.50. The van der Waals surface area contributed by atoms with Crippen LogP contribution in [0.3, 0.4) is 0 Å². The Kier molecular flexibility index (Phi) is 5.44. The van der Waals surface area contributed by atoms with Gasteiger partial charge in [0, 0.05) is 16.6 Å². The Balaban J connectivity index is 1.83. The largest absolute Gasteiger partial charge is 0.490 e. The van der Waals surface area contributed by atoms with Crippen molar-refractivity contribution in [2.24, 2.45) is 5.73 Å². The zero-order chi connectivity index (χ0) is 14.4. The Bertz CT molecular complexity index is 572. The van der Waals surface area contributed by atoms with Gasteiger partial charge in [0.2, 0.25) is 0 Å². The third-order valence-corrected chi connectivity index (χ3v) is 3.82. The maximum atomic E-state index is 5.69. The van der Waals surface area contributed by atoms with E-state index in [4.69, 9.17) is 15.2 Å². The molecule has 0 heterocycles. The molecule has 2 N–H and O–H groups in total. The highest BCUT2D eigenvalue weighted by Gasteiger charge is 2.01. The van der Waals surface area contributed by atoms with Crippen LogP contribution in [0.4, 0.5) is 0 Å². The van der Waals surface area contributed by atoms with E-state index in [1.165, 1.54) is 0 Å². The Morgan fingerprint density at radius 3 is 2.55 bits per heavy atom. The van der Waals surface area contributed by atoms with E-state index < -0.39 is 0 Å². The lowest BCUT2D eigenvalue weighted by atomic mass is 10.2. The van der Waals surface area contributed by atoms with Gasteiger partial charge >= 0.3 is 0 Å². The van der Waals surface area contributed by atoms with Crippen LogP contribution in [0.5, 0.6) is 11.5 Å². The second kappa shape index (κ2) is 7.31. The lowest BCUT2D eigenvalue weighted by molar-refractivity contribution is 0.216. The Hall–Kier alpha value is -1.52. The highest BCUT2D eigenvalue weighted by molar-refractivity contribution is 9.10. The van der Waals surface area contributed by atoms with E-state index in [-0.39, 0.29) is 0 Å². The summed E-state index contributed by atoms with van der Waals surface area (Å²) in [6, 6.07) is 13.7. The zero-order valence-electron chi connectivity index (χ0n) is 11.4. The predicted molar refractivity (Wildman–Crippen MR) is 84.2 cm³/mol. The van der Waals surface area contributed by atoms with Crippen LogP contribution in [0.25, 0.3) is 0 Å². The second-order valence-electron chi connectivity index (χ2n) is 4.42. The summed E-state index contributed by atoms with van der Waals surface area (Å²) < 4.78 is 12.4. The lowest BCUT2D eigenvalue weighted by Gasteiger charge is -2.11. The lowest BCUT2D eigenvalue weighted by Crippen LogP contribution is -2.10. The first-order valence-electron chi connectivity index (χ1n) is 6.50. The summed E-state index contributed by atoms with van der Waals surface area (Å²) in [5.41, 5.74) is 7.82. The molecule has 0 fully saturated rings. The van der Waals surface area contributed by atoms with Crippen molar-refractivity contribution < 1.29 is 9.47 Å². The Morgan fingerprint density at radius 2 is 1.80 bits per heavy atom. The van der Waals surface area contributed by atoms with Gasteiger partial charge < -0.3 is 15.2 Å². The normalized spacial score (nSPS) is 10.3. The molecule has 0 saturated carbocycles. The summed E-state index contributed by atoms with van der Waals surface area (Å²) in [7, 11) is 0. The third-order valence-electron chi connectivity index (χ3n) is 2.93. The first-order valence-corrected chi connectivity index (χ1v) is 7.29. The Morgan fingerprint density at radius 1 is 1.05 bits per heavy atom. The average Bonchev–Trinajstić information content (AvgIpc) is 2.47. The minimum Gasteiger partial charge on any atom is -0.490 e. The standard InChI is InChI=1S/C16H18BrNO2/c1-12-10-14(6-7-15(12)17)19-8-9-20-16-5-3-2-4-13(16)11-18/h2-7,10H,8-9,11,18H2,1H3. The van der Waals surface area contributed by atoms with Crippen LogP contribution in [-0.2, 0) is 6.54 Å². The van der Waals surface area contributed by atoms with Crippen molar-refractivity contribution in [1.29, 1.82) is 0 Å². The number of hydrogen-bond donors (Lipinski definition) is 1. The maximum Gasteiger partial charge on any atom is 0.123 e. The van der Waals surface area contributed by atoms with E-state index in [0.717, 1.165) is 27.1 Å². The van der Waals surface area contributed by atoms with Gasteiger partial charge in [0.25, 0.3) is 0 Å². The third kappa shape index (κ3) is 3.99. The highest BCUT2D eigenvalue weighted by Crippen LogP contribution is 2.21. The molecule has 3 nitrogen and oxygen atoms in total. The van der Waals surface area contributed by atoms with Crippen molar-refractivity contribution >= 4 is 15.9 Å². The van der Waals surface area contributed by atoms with E-state index in [1.54, 1.807) is 0 Å². The summed E-state index contributed by atoms with van der Waals surface area (Å²) >= 11 is 3.47. The van der Waals surface area contributed by atoms with E-state index in [1.807, 2.05) is 49.4 Å². The highest BCUT2D eigenvalue weighted by atomic mass is 79.9. The van der Waals surface area contributed by atoms with Gasteiger partial charge in [-0.1, -0.05) is 34.1 Å². The smallest absolute Gasteiger partial charge is 0.123 e. The van der Waals surface area contributed by atoms with Crippen molar-refractivity contribution in [1.82, 2.24) is 0 Å². The van der Waals surface area contributed by atoms with Crippen LogP contribution >= 0.6 is 15.9 Å². The van der Waals surface area contributed by atoms with Crippen LogP contribution in [0, 0.1) is 6.92 Å². The van der Waals surface area contributed by atoms with Crippen molar-refractivity contribution in [2.45, 2.75) is 13.5 Å². The fourth-order valence-electron chi connectivity index (χ4n) is 1.83. The van der Waals surface area contributed by atoms with Crippen LogP contribution in [0.15, 0.2) is 46.9 Å². The molecule has 0 aliphatic heterocycles. The van der Waals surface area contributed by atoms with Gasteiger partial charge in [0.1, 0.15) is 24.7 Å². The van der Waals surface area contributed by atoms with Gasteiger partial charge in [0.15, 0.2) is 0 Å². The zero-order valence-corrected chi connectivity index (χ0v) is 13.0. The van der Waals surface area contributed by atoms with Gasteiger partial charge in [-0.3, -0.25) is 0 Å². The molecule has 0 aromatic heterocycles. The number of rotatable bonds is 6. The molecule has 0 aliphatic carbocycles. The number of ether oxygens (including phenoxy) is 2. The van der Waals surface area contributed by atoms with Crippen molar-refractivity contribution in [3.63, 3.8) is 0 Å². The second-order valence-corrected chi connectivity index (χ2v) is 5.27. The minimum atomic E-state index is 0.475. The molecular formula is C16H18BrNO2. The molecule has 0 unspecified atom stereocenters. The number of para-hydroxylation sites is 1. The van der Waals surface area contributed by atoms with Crippen molar-refractivity contribution in [2.75, 3.05) is 13.2 Å². The predicted octanol–water partition coefficient (Wildman–Crippen LogP) is 3.67. The molecule has 106 valence electrons. The molecule has 20 heavy (non-hydrogen) atoms. The SMILES string of the molecule is Cc1cc(OCCOc2ccccc2CN)ccc1Br. The molecule has 0 saturated heterocycles. The number of hydrogen-bond acceptors (Lipinski definition) is 3. The van der Waals surface area contributed by atoms with Gasteiger partial charge in [-0.15, -0.1) is 0 Å². The van der Waals surface area contributed by atoms with E-state index in [0.29, 0.717) is 19.8 Å². The van der Waals surface area contributed by atoms with E-state index >= 15 is 0 Å². The number of benzene rings is 2. The molecule has 2 rings (SSSR count). The van der Waals surface area contributed by atoms with Gasteiger partial charge in [-0.05, 0) is 36.8 Å². The molecule has 4 heteroatoms. The topological polar surface area (TPSA) is 44.5 Å². The van der Waals surface area contributed by atoms with Crippen LogP contribution in [0.1, 0.15) is 11.1 Å². The van der Waals surface area contributed by atoms with Crippen molar-refractivity contribution in [3.05, 3.63) is 58.1 Å². The molecule has 0 aliphatic rings. The average molecular weight is 336 g/mol.